The number of nitrogens with one attached hydrogen (secondary N) is 1. The monoisotopic (exact) mass is 667 g/mol. The van der Waals surface area contributed by atoms with Gasteiger partial charge in [0.25, 0.3) is 0 Å². The average Bonchev–Trinajstić information content (AvgIpc) is 3.06. The van der Waals surface area contributed by atoms with Crippen LogP contribution in [0, 0.1) is 11.8 Å². The molecule has 2 heteroatoms. The number of hydrogen-bond acceptors (Lipinski definition) is 2. The molecule has 2 atom stereocenters. The number of nitrogens with zero attached hydrogens (tertiary/aromatic N) is 1. The van der Waals surface area contributed by atoms with Gasteiger partial charge in [-0.3, -0.25) is 0 Å². The fourth-order valence-corrected chi connectivity index (χ4v) is 6.86. The normalized spacial score (nSPS) is 12.4. The third-order valence-electron chi connectivity index (χ3n) is 9.74. The summed E-state index contributed by atoms with van der Waals surface area (Å²) < 4.78 is 0. The van der Waals surface area contributed by atoms with Gasteiger partial charge in [-0.2, -0.15) is 0 Å². The van der Waals surface area contributed by atoms with Crippen molar-refractivity contribution in [1.29, 1.82) is 0 Å². The SMILES string of the molecule is CCC.CCCCC.CCCCCCCCC(CCCCCC)CN(CCCCCCCCCNC)CC(CCC)CCCCCC. The van der Waals surface area contributed by atoms with E-state index in [2.05, 4.69) is 72.7 Å². The van der Waals surface area contributed by atoms with E-state index in [9.17, 15) is 0 Å². The van der Waals surface area contributed by atoms with Crippen molar-refractivity contribution in [3.8, 4) is 0 Å². The number of hydrogen-bond donors (Lipinski definition) is 1. The Bertz CT molecular complexity index is 490. The lowest BCUT2D eigenvalue weighted by Crippen LogP contribution is -2.35. The Morgan fingerprint density at radius 3 is 1.09 bits per heavy atom. The van der Waals surface area contributed by atoms with Crippen molar-refractivity contribution in [3.05, 3.63) is 0 Å². The van der Waals surface area contributed by atoms with Crippen LogP contribution < -0.4 is 5.32 Å². The second-order valence-corrected chi connectivity index (χ2v) is 15.2. The van der Waals surface area contributed by atoms with E-state index in [0.717, 1.165) is 11.8 Å². The Morgan fingerprint density at radius 2 is 0.702 bits per heavy atom. The van der Waals surface area contributed by atoms with Crippen LogP contribution in [0.1, 0.15) is 248 Å². The molecule has 0 bridgehead atoms. The van der Waals surface area contributed by atoms with Crippen LogP contribution in [-0.4, -0.2) is 38.1 Å². The third kappa shape index (κ3) is 45.9. The van der Waals surface area contributed by atoms with E-state index in [1.54, 1.807) is 0 Å². The van der Waals surface area contributed by atoms with Crippen molar-refractivity contribution in [1.82, 2.24) is 10.2 Å². The van der Waals surface area contributed by atoms with Gasteiger partial charge in [0, 0.05) is 13.1 Å². The van der Waals surface area contributed by atoms with Crippen LogP contribution in [0.5, 0.6) is 0 Å². The van der Waals surface area contributed by atoms with Crippen molar-refractivity contribution >= 4 is 0 Å². The van der Waals surface area contributed by atoms with Crippen molar-refractivity contribution in [3.63, 3.8) is 0 Å². The van der Waals surface area contributed by atoms with E-state index in [1.807, 2.05) is 0 Å². The van der Waals surface area contributed by atoms with Crippen LogP contribution in [0.3, 0.4) is 0 Å². The first-order valence-electron chi connectivity index (χ1n) is 22.4. The van der Waals surface area contributed by atoms with Crippen LogP contribution in [0.25, 0.3) is 0 Å². The quantitative estimate of drug-likeness (QED) is 0.0677. The summed E-state index contributed by atoms with van der Waals surface area (Å²) in [7, 11) is 2.07. The van der Waals surface area contributed by atoms with Gasteiger partial charge in [0.1, 0.15) is 0 Å². The second kappa shape index (κ2) is 48.0. The van der Waals surface area contributed by atoms with Crippen LogP contribution >= 0.6 is 0 Å². The Kier molecular flexibility index (Phi) is 52.4. The molecule has 0 aliphatic rings. The first kappa shape index (κ1) is 51.3. The van der Waals surface area contributed by atoms with Gasteiger partial charge in [-0.25, -0.2) is 0 Å². The van der Waals surface area contributed by atoms with Gasteiger partial charge in [-0.15, -0.1) is 0 Å². The molecule has 0 radical (unpaired) electrons. The summed E-state index contributed by atoms with van der Waals surface area (Å²) in [5.74, 6) is 1.86. The Labute approximate surface area is 302 Å². The molecule has 1 N–H and O–H groups in total. The highest BCUT2D eigenvalue weighted by Crippen LogP contribution is 2.24. The molecule has 0 aliphatic heterocycles. The van der Waals surface area contributed by atoms with Gasteiger partial charge >= 0.3 is 0 Å². The molecular formula is C45H98N2. The molecule has 0 aromatic carbocycles. The summed E-state index contributed by atoms with van der Waals surface area (Å²) >= 11 is 0. The summed E-state index contributed by atoms with van der Waals surface area (Å²) in [5.41, 5.74) is 0. The Morgan fingerprint density at radius 1 is 0.362 bits per heavy atom. The predicted octanol–water partition coefficient (Wildman–Crippen LogP) is 15.6. The number of unbranched alkanes of at least 4 members (excludes halogenated alkanes) is 19. The molecule has 0 amide bonds. The Balaban J connectivity index is -0.00000215. The minimum Gasteiger partial charge on any atom is -0.320 e. The molecule has 2 nitrogen and oxygen atoms in total. The smallest absolute Gasteiger partial charge is 0.000977 e. The van der Waals surface area contributed by atoms with Crippen LogP contribution in [0.15, 0.2) is 0 Å². The van der Waals surface area contributed by atoms with Crippen molar-refractivity contribution < 1.29 is 0 Å². The highest BCUT2D eigenvalue weighted by Gasteiger charge is 2.18. The van der Waals surface area contributed by atoms with Crippen molar-refractivity contribution in [2.24, 2.45) is 11.8 Å². The molecule has 288 valence electrons. The molecule has 2 unspecified atom stereocenters. The van der Waals surface area contributed by atoms with Gasteiger partial charge in [0.05, 0.1) is 0 Å². The van der Waals surface area contributed by atoms with E-state index in [1.165, 1.54) is 219 Å². The summed E-state index contributed by atoms with van der Waals surface area (Å²) in [6, 6.07) is 0. The molecule has 0 aliphatic carbocycles. The van der Waals surface area contributed by atoms with Crippen molar-refractivity contribution in [2.45, 2.75) is 248 Å². The Hall–Kier alpha value is -0.0800. The van der Waals surface area contributed by atoms with Crippen LogP contribution in [0.4, 0.5) is 0 Å². The van der Waals surface area contributed by atoms with Gasteiger partial charge in [-0.1, -0.05) is 209 Å². The fraction of sp³-hybridized carbons (Fsp3) is 1.00. The average molecular weight is 667 g/mol. The van der Waals surface area contributed by atoms with Gasteiger partial charge in [0.2, 0.25) is 0 Å². The summed E-state index contributed by atoms with van der Waals surface area (Å²) in [6.07, 6.45) is 42.5. The van der Waals surface area contributed by atoms with Gasteiger partial charge < -0.3 is 10.2 Å². The highest BCUT2D eigenvalue weighted by atomic mass is 15.1. The van der Waals surface area contributed by atoms with E-state index in [4.69, 9.17) is 0 Å². The maximum Gasteiger partial charge on any atom is 0.000977 e. The van der Waals surface area contributed by atoms with E-state index >= 15 is 0 Å². The minimum atomic E-state index is 0.925. The van der Waals surface area contributed by atoms with Crippen LogP contribution in [-0.2, 0) is 0 Å². The molecule has 0 spiro atoms. The van der Waals surface area contributed by atoms with Gasteiger partial charge in [-0.05, 0) is 70.5 Å². The van der Waals surface area contributed by atoms with E-state index < -0.39 is 0 Å². The molecule has 0 heterocycles. The molecule has 0 saturated carbocycles. The molecule has 0 aromatic heterocycles. The summed E-state index contributed by atoms with van der Waals surface area (Å²) in [4.78, 5) is 2.98. The topological polar surface area (TPSA) is 15.3 Å². The summed E-state index contributed by atoms with van der Waals surface area (Å²) in [6.45, 7) is 23.4. The van der Waals surface area contributed by atoms with E-state index in [0.29, 0.717) is 0 Å². The molecular weight excluding hydrogens is 569 g/mol. The van der Waals surface area contributed by atoms with Crippen molar-refractivity contribution in [2.75, 3.05) is 33.2 Å². The fourth-order valence-electron chi connectivity index (χ4n) is 6.86. The largest absolute Gasteiger partial charge is 0.320 e. The molecule has 0 fully saturated rings. The first-order valence-corrected chi connectivity index (χ1v) is 22.4. The zero-order chi connectivity index (χ0) is 35.5. The maximum absolute atomic E-state index is 3.29. The van der Waals surface area contributed by atoms with Gasteiger partial charge in [0.15, 0.2) is 0 Å². The lowest BCUT2D eigenvalue weighted by Gasteiger charge is -2.31. The highest BCUT2D eigenvalue weighted by molar-refractivity contribution is 4.72. The predicted molar refractivity (Wildman–Crippen MR) is 221 cm³/mol. The molecule has 0 saturated heterocycles. The first-order chi connectivity index (χ1) is 23.0. The zero-order valence-corrected chi connectivity index (χ0v) is 35.1. The zero-order valence-electron chi connectivity index (χ0n) is 35.1. The summed E-state index contributed by atoms with van der Waals surface area (Å²) in [5, 5.41) is 3.29. The third-order valence-corrected chi connectivity index (χ3v) is 9.74. The number of rotatable bonds is 35. The minimum absolute atomic E-state index is 0.925. The van der Waals surface area contributed by atoms with E-state index in [-0.39, 0.29) is 0 Å². The second-order valence-electron chi connectivity index (χ2n) is 15.2. The standard InChI is InChI=1S/C37H78N2.C5H12.C3H8/c1-6-10-13-16-20-25-31-37(30-24-15-12-8-3)35-39(33-27-22-19-17-18-21-26-32-38-5)34-36(28-9-4)29-23-14-11-7-2;1-3-5-4-2;1-3-2/h36-38H,6-35H2,1-5H3;3-5H2,1-2H3;3H2,1-2H3. The van der Waals surface area contributed by atoms with Crippen LogP contribution in [0.2, 0.25) is 0 Å². The molecule has 0 aromatic rings. The molecule has 47 heavy (non-hydrogen) atoms. The lowest BCUT2D eigenvalue weighted by molar-refractivity contribution is 0.171. The maximum atomic E-state index is 3.29. The lowest BCUT2D eigenvalue weighted by atomic mass is 9.91. The molecule has 0 rings (SSSR count).